The van der Waals surface area contributed by atoms with E-state index in [1.54, 1.807) is 6.07 Å². The van der Waals surface area contributed by atoms with Gasteiger partial charge in [0.15, 0.2) is 0 Å². The first kappa shape index (κ1) is 14.6. The standard InChI is InChI=1S/C15H22O3/c1-3-5-7-11(4-2)10-12-8-6-9-13(14(12)16)15(17)18/h6,8-9,11,16H,3-5,7,10H2,1-2H3,(H,17,18). The highest BCUT2D eigenvalue weighted by atomic mass is 16.4. The quantitative estimate of drug-likeness (QED) is 0.772. The van der Waals surface area contributed by atoms with Gasteiger partial charge in [-0.2, -0.15) is 0 Å². The Morgan fingerprint density at radius 2 is 2.06 bits per heavy atom. The first-order valence-corrected chi connectivity index (χ1v) is 6.64. The van der Waals surface area contributed by atoms with Crippen LogP contribution in [-0.4, -0.2) is 16.2 Å². The van der Waals surface area contributed by atoms with Crippen LogP contribution in [0, 0.1) is 5.92 Å². The molecule has 3 nitrogen and oxygen atoms in total. The van der Waals surface area contributed by atoms with E-state index in [4.69, 9.17) is 5.11 Å². The number of phenols is 1. The van der Waals surface area contributed by atoms with E-state index in [1.807, 2.05) is 6.07 Å². The predicted molar refractivity (Wildman–Crippen MR) is 72.1 cm³/mol. The monoisotopic (exact) mass is 250 g/mol. The van der Waals surface area contributed by atoms with Crippen molar-refractivity contribution in [2.45, 2.75) is 46.0 Å². The summed E-state index contributed by atoms with van der Waals surface area (Å²) in [6, 6.07) is 4.95. The highest BCUT2D eigenvalue weighted by Crippen LogP contribution is 2.27. The minimum absolute atomic E-state index is 0.00200. The van der Waals surface area contributed by atoms with Gasteiger partial charge >= 0.3 is 5.97 Å². The van der Waals surface area contributed by atoms with Crippen LogP contribution in [0.25, 0.3) is 0 Å². The topological polar surface area (TPSA) is 57.5 Å². The van der Waals surface area contributed by atoms with Gasteiger partial charge in [-0.1, -0.05) is 51.7 Å². The molecular weight excluding hydrogens is 228 g/mol. The number of carbonyl (C=O) groups is 1. The Morgan fingerprint density at radius 1 is 1.33 bits per heavy atom. The van der Waals surface area contributed by atoms with Crippen molar-refractivity contribution in [1.29, 1.82) is 0 Å². The highest BCUT2D eigenvalue weighted by molar-refractivity contribution is 5.91. The summed E-state index contributed by atoms with van der Waals surface area (Å²) in [4.78, 5) is 10.9. The average Bonchev–Trinajstić information content (AvgIpc) is 2.36. The van der Waals surface area contributed by atoms with Crippen molar-refractivity contribution in [2.24, 2.45) is 5.92 Å². The summed E-state index contributed by atoms with van der Waals surface area (Å²) in [5.41, 5.74) is 0.746. The van der Waals surface area contributed by atoms with Gasteiger partial charge in [0.25, 0.3) is 0 Å². The molecule has 0 radical (unpaired) electrons. The van der Waals surface area contributed by atoms with Crippen molar-refractivity contribution in [1.82, 2.24) is 0 Å². The second kappa shape index (κ2) is 7.04. The van der Waals surface area contributed by atoms with Crippen molar-refractivity contribution in [3.8, 4) is 5.75 Å². The molecule has 0 saturated heterocycles. The first-order chi connectivity index (χ1) is 8.60. The number of carboxylic acid groups (broad SMARTS) is 1. The number of para-hydroxylation sites is 1. The maximum Gasteiger partial charge on any atom is 0.339 e. The minimum atomic E-state index is -1.07. The number of aromatic hydroxyl groups is 1. The molecule has 0 heterocycles. The zero-order valence-corrected chi connectivity index (χ0v) is 11.1. The molecule has 1 unspecified atom stereocenters. The summed E-state index contributed by atoms with van der Waals surface area (Å²) in [6.45, 7) is 4.30. The van der Waals surface area contributed by atoms with Crippen molar-refractivity contribution in [3.63, 3.8) is 0 Å². The van der Waals surface area contributed by atoms with Gasteiger partial charge in [0.2, 0.25) is 0 Å². The van der Waals surface area contributed by atoms with Gasteiger partial charge < -0.3 is 10.2 Å². The normalized spacial score (nSPS) is 12.3. The van der Waals surface area contributed by atoms with Crippen LogP contribution in [0.2, 0.25) is 0 Å². The Labute approximate surface area is 108 Å². The first-order valence-electron chi connectivity index (χ1n) is 6.64. The number of unbranched alkanes of at least 4 members (excludes halogenated alkanes) is 1. The smallest absolute Gasteiger partial charge is 0.339 e. The van der Waals surface area contributed by atoms with Gasteiger partial charge in [-0.15, -0.1) is 0 Å². The number of aromatic carboxylic acids is 1. The van der Waals surface area contributed by atoms with Gasteiger partial charge in [0, 0.05) is 0 Å². The minimum Gasteiger partial charge on any atom is -0.507 e. The second-order valence-corrected chi connectivity index (χ2v) is 4.74. The van der Waals surface area contributed by atoms with E-state index in [0.29, 0.717) is 5.92 Å². The number of benzene rings is 1. The van der Waals surface area contributed by atoms with E-state index in [-0.39, 0.29) is 11.3 Å². The van der Waals surface area contributed by atoms with E-state index in [0.717, 1.165) is 31.2 Å². The molecule has 3 heteroatoms. The fourth-order valence-corrected chi connectivity index (χ4v) is 2.18. The van der Waals surface area contributed by atoms with Crippen LogP contribution in [0.1, 0.15) is 55.5 Å². The molecule has 0 spiro atoms. The summed E-state index contributed by atoms with van der Waals surface area (Å²) in [5, 5.41) is 18.9. The molecule has 100 valence electrons. The van der Waals surface area contributed by atoms with Crippen LogP contribution < -0.4 is 0 Å². The molecule has 0 aliphatic carbocycles. The number of hydrogen-bond donors (Lipinski definition) is 2. The molecular formula is C15H22O3. The predicted octanol–water partition coefficient (Wildman–Crippen LogP) is 3.85. The lowest BCUT2D eigenvalue weighted by atomic mass is 9.91. The van der Waals surface area contributed by atoms with Gasteiger partial charge in [-0.3, -0.25) is 0 Å². The fourth-order valence-electron chi connectivity index (χ4n) is 2.18. The molecule has 0 amide bonds. The van der Waals surface area contributed by atoms with Gasteiger partial charge in [0.1, 0.15) is 11.3 Å². The van der Waals surface area contributed by atoms with Gasteiger partial charge in [-0.05, 0) is 24.0 Å². The summed E-state index contributed by atoms with van der Waals surface area (Å²) >= 11 is 0. The molecule has 1 aromatic carbocycles. The molecule has 0 aromatic heterocycles. The summed E-state index contributed by atoms with van der Waals surface area (Å²) in [6.07, 6.45) is 5.28. The third kappa shape index (κ3) is 3.76. The average molecular weight is 250 g/mol. The van der Waals surface area contributed by atoms with Crippen LogP contribution in [0.4, 0.5) is 0 Å². The Kier molecular flexibility index (Phi) is 5.69. The molecule has 1 aromatic rings. The maximum atomic E-state index is 10.9. The summed E-state index contributed by atoms with van der Waals surface area (Å²) < 4.78 is 0. The Hall–Kier alpha value is -1.51. The maximum absolute atomic E-state index is 10.9. The van der Waals surface area contributed by atoms with E-state index >= 15 is 0 Å². The van der Waals surface area contributed by atoms with Crippen molar-refractivity contribution in [2.75, 3.05) is 0 Å². The molecule has 18 heavy (non-hydrogen) atoms. The van der Waals surface area contributed by atoms with Crippen molar-refractivity contribution < 1.29 is 15.0 Å². The van der Waals surface area contributed by atoms with Crippen molar-refractivity contribution in [3.05, 3.63) is 29.3 Å². The van der Waals surface area contributed by atoms with E-state index in [9.17, 15) is 9.90 Å². The van der Waals surface area contributed by atoms with Gasteiger partial charge in [-0.25, -0.2) is 4.79 Å². The number of carboxylic acids is 1. The van der Waals surface area contributed by atoms with Crippen LogP contribution in [-0.2, 0) is 6.42 Å². The molecule has 1 atom stereocenters. The van der Waals surface area contributed by atoms with E-state index < -0.39 is 5.97 Å². The Bertz CT molecular complexity index is 399. The Balaban J connectivity index is 2.83. The molecule has 0 bridgehead atoms. The summed E-state index contributed by atoms with van der Waals surface area (Å²) in [7, 11) is 0. The van der Waals surface area contributed by atoms with E-state index in [1.165, 1.54) is 12.5 Å². The SMILES string of the molecule is CCCCC(CC)Cc1cccc(C(=O)O)c1O. The lowest BCUT2D eigenvalue weighted by molar-refractivity contribution is 0.0693. The van der Waals surface area contributed by atoms with Crippen LogP contribution in [0.15, 0.2) is 18.2 Å². The van der Waals surface area contributed by atoms with Gasteiger partial charge in [0.05, 0.1) is 0 Å². The lowest BCUT2D eigenvalue weighted by Gasteiger charge is -2.15. The summed E-state index contributed by atoms with van der Waals surface area (Å²) in [5.74, 6) is -0.629. The lowest BCUT2D eigenvalue weighted by Crippen LogP contribution is -2.05. The molecule has 0 aliphatic heterocycles. The molecule has 0 fully saturated rings. The van der Waals surface area contributed by atoms with E-state index in [2.05, 4.69) is 13.8 Å². The zero-order chi connectivity index (χ0) is 13.5. The second-order valence-electron chi connectivity index (χ2n) is 4.74. The third-order valence-corrected chi connectivity index (χ3v) is 3.40. The largest absolute Gasteiger partial charge is 0.507 e. The fraction of sp³-hybridized carbons (Fsp3) is 0.533. The van der Waals surface area contributed by atoms with Crippen LogP contribution >= 0.6 is 0 Å². The number of hydrogen-bond acceptors (Lipinski definition) is 2. The molecule has 0 aliphatic rings. The van der Waals surface area contributed by atoms with Crippen molar-refractivity contribution >= 4 is 5.97 Å². The van der Waals surface area contributed by atoms with Crippen LogP contribution in [0.3, 0.4) is 0 Å². The Morgan fingerprint density at radius 3 is 2.61 bits per heavy atom. The third-order valence-electron chi connectivity index (χ3n) is 3.40. The zero-order valence-electron chi connectivity index (χ0n) is 11.1. The molecule has 2 N–H and O–H groups in total. The van der Waals surface area contributed by atoms with Crippen LogP contribution in [0.5, 0.6) is 5.75 Å². The molecule has 0 saturated carbocycles. The number of rotatable bonds is 7. The molecule has 1 rings (SSSR count). The highest BCUT2D eigenvalue weighted by Gasteiger charge is 2.15.